The lowest BCUT2D eigenvalue weighted by Gasteiger charge is -2.45. The van der Waals surface area contributed by atoms with Crippen LogP contribution >= 0.6 is 11.6 Å². The fraction of sp³-hybridized carbons (Fsp3) is 0.658. The van der Waals surface area contributed by atoms with E-state index in [-0.39, 0.29) is 41.0 Å². The van der Waals surface area contributed by atoms with Crippen molar-refractivity contribution in [1.29, 1.82) is 0 Å². The quantitative estimate of drug-likeness (QED) is 0.304. The number of nitrogens with zero attached hydrogens (tertiary/aromatic N) is 2. The highest BCUT2D eigenvalue weighted by Gasteiger charge is 2.46. The molecule has 5 aliphatic rings. The van der Waals surface area contributed by atoms with Crippen molar-refractivity contribution in [2.45, 2.75) is 101 Å². The number of amides is 1. The molecule has 2 aromatic carbocycles. The summed E-state index contributed by atoms with van der Waals surface area (Å²) < 4.78 is 35.4. The van der Waals surface area contributed by atoms with Gasteiger partial charge in [0.1, 0.15) is 28.9 Å². The molecule has 10 heteroatoms. The molecule has 48 heavy (non-hydrogen) atoms. The van der Waals surface area contributed by atoms with Gasteiger partial charge in [0, 0.05) is 48.6 Å². The number of fused-ring (bicyclic) bond motifs is 4. The fourth-order valence-electron chi connectivity index (χ4n) is 8.84. The van der Waals surface area contributed by atoms with Crippen LogP contribution in [-0.4, -0.2) is 78.6 Å². The Kier molecular flexibility index (Phi) is 10.2. The van der Waals surface area contributed by atoms with Gasteiger partial charge in [-0.05, 0) is 112 Å². The second kappa shape index (κ2) is 14.2. The first kappa shape index (κ1) is 34.3. The van der Waals surface area contributed by atoms with Crippen LogP contribution in [0.5, 0.6) is 5.75 Å². The van der Waals surface area contributed by atoms with E-state index in [9.17, 15) is 9.00 Å². The Bertz CT molecular complexity index is 1510. The summed E-state index contributed by atoms with van der Waals surface area (Å²) in [6.45, 7) is 10.3. The molecule has 1 spiro atoms. The van der Waals surface area contributed by atoms with Gasteiger partial charge in [-0.25, -0.2) is 4.21 Å². The van der Waals surface area contributed by atoms with Gasteiger partial charge in [-0.2, -0.15) is 0 Å². The highest BCUT2D eigenvalue weighted by molar-refractivity contribution is 7.84. The molecule has 7 rings (SSSR count). The standard InChI is InChI=1S/C38H52ClN3O5S/c1-5-7-24(2)25(3)48(44)40-37(43)28-11-14-33-32(17-28)42(22-38(23-45-33)15-6-8-27-16-30(39)12-13-31(27)38)19-29-10-9-26(29)18-36-46-34-20-41(4)21-35(34)47-36/h11-14,16-17,24-26,29,34-36H,5-10,15,18-23H2,1-4H3,(H,40,43)/t24?,25?,26?,29?,34?,35?,36?,38-,48?/m0/s1. The molecule has 0 radical (unpaired) electrons. The molecule has 0 aromatic heterocycles. The Morgan fingerprint density at radius 1 is 1.10 bits per heavy atom. The third-order valence-electron chi connectivity index (χ3n) is 12.0. The van der Waals surface area contributed by atoms with Crippen molar-refractivity contribution in [2.24, 2.45) is 17.8 Å². The van der Waals surface area contributed by atoms with E-state index in [1.54, 1.807) is 0 Å². The zero-order valence-electron chi connectivity index (χ0n) is 28.9. The van der Waals surface area contributed by atoms with Crippen molar-refractivity contribution in [2.75, 3.05) is 44.7 Å². The number of anilines is 1. The van der Waals surface area contributed by atoms with E-state index < -0.39 is 11.0 Å². The second-order valence-corrected chi connectivity index (χ2v) is 17.3. The van der Waals surface area contributed by atoms with Crippen molar-refractivity contribution in [3.05, 3.63) is 58.1 Å². The van der Waals surface area contributed by atoms with E-state index in [1.807, 2.05) is 31.2 Å². The average molecular weight is 698 g/mol. The van der Waals surface area contributed by atoms with Crippen LogP contribution in [0, 0.1) is 17.8 Å². The van der Waals surface area contributed by atoms with Crippen molar-refractivity contribution in [1.82, 2.24) is 9.62 Å². The molecule has 2 aliphatic carbocycles. The van der Waals surface area contributed by atoms with Crippen LogP contribution in [0.2, 0.25) is 5.02 Å². The van der Waals surface area contributed by atoms with Gasteiger partial charge in [0.15, 0.2) is 6.29 Å². The number of likely N-dealkylation sites (tertiary alicyclic amines) is 1. The number of halogens is 1. The molecular weight excluding hydrogens is 646 g/mol. The minimum absolute atomic E-state index is 0.124. The fourth-order valence-corrected chi connectivity index (χ4v) is 10.1. The predicted molar refractivity (Wildman–Crippen MR) is 191 cm³/mol. The third-order valence-corrected chi connectivity index (χ3v) is 13.7. The van der Waals surface area contributed by atoms with E-state index in [2.05, 4.69) is 47.5 Å². The molecule has 1 N–H and O–H groups in total. The van der Waals surface area contributed by atoms with Crippen LogP contribution < -0.4 is 14.4 Å². The zero-order chi connectivity index (χ0) is 33.6. The first-order valence-corrected chi connectivity index (χ1v) is 19.7. The molecule has 0 bridgehead atoms. The second-order valence-electron chi connectivity index (χ2n) is 15.3. The Hall–Kier alpha value is -2.17. The molecule has 3 heterocycles. The molecule has 2 saturated heterocycles. The molecule has 1 amide bonds. The summed E-state index contributed by atoms with van der Waals surface area (Å²) in [5.41, 5.74) is 3.90. The van der Waals surface area contributed by atoms with Crippen LogP contribution in [-0.2, 0) is 32.3 Å². The largest absolute Gasteiger partial charge is 0.490 e. The first-order chi connectivity index (χ1) is 23.1. The molecule has 8 atom stereocenters. The lowest BCUT2D eigenvalue weighted by atomic mass is 9.69. The number of carbonyl (C=O) groups excluding carboxylic acids is 1. The number of hydrogen-bond donors (Lipinski definition) is 1. The monoisotopic (exact) mass is 697 g/mol. The number of aryl methyl sites for hydroxylation is 1. The summed E-state index contributed by atoms with van der Waals surface area (Å²) in [7, 11) is 0.654. The maximum absolute atomic E-state index is 13.5. The van der Waals surface area contributed by atoms with Gasteiger partial charge in [-0.3, -0.25) is 9.52 Å². The summed E-state index contributed by atoms with van der Waals surface area (Å²) in [4.78, 5) is 18.3. The van der Waals surface area contributed by atoms with E-state index >= 15 is 0 Å². The third kappa shape index (κ3) is 6.91. The van der Waals surface area contributed by atoms with Crippen LogP contribution in [0.25, 0.3) is 0 Å². The summed E-state index contributed by atoms with van der Waals surface area (Å²) in [6, 6.07) is 12.0. The normalized spacial score (nSPS) is 31.5. The molecule has 3 aliphatic heterocycles. The van der Waals surface area contributed by atoms with Crippen molar-refractivity contribution in [3.63, 3.8) is 0 Å². The highest BCUT2D eigenvalue weighted by Crippen LogP contribution is 2.47. The van der Waals surface area contributed by atoms with Gasteiger partial charge in [0.2, 0.25) is 0 Å². The van der Waals surface area contributed by atoms with Crippen LogP contribution in [0.15, 0.2) is 36.4 Å². The number of ether oxygens (including phenoxy) is 3. The lowest BCUT2D eigenvalue weighted by molar-refractivity contribution is -0.102. The molecule has 7 unspecified atom stereocenters. The molecule has 8 nitrogen and oxygen atoms in total. The van der Waals surface area contributed by atoms with Crippen LogP contribution in [0.1, 0.15) is 87.2 Å². The number of nitrogens with one attached hydrogen (secondary N) is 1. The maximum atomic E-state index is 13.5. The van der Waals surface area contributed by atoms with E-state index in [4.69, 9.17) is 25.8 Å². The number of benzene rings is 2. The van der Waals surface area contributed by atoms with Gasteiger partial charge >= 0.3 is 0 Å². The Balaban J connectivity index is 1.13. The minimum atomic E-state index is -1.47. The van der Waals surface area contributed by atoms with E-state index in [0.717, 1.165) is 87.6 Å². The summed E-state index contributed by atoms with van der Waals surface area (Å²) in [5, 5.41) is 0.648. The summed E-state index contributed by atoms with van der Waals surface area (Å²) in [5.74, 6) is 1.76. The minimum Gasteiger partial charge on any atom is -0.490 e. The Morgan fingerprint density at radius 2 is 1.88 bits per heavy atom. The first-order valence-electron chi connectivity index (χ1n) is 18.1. The van der Waals surface area contributed by atoms with Gasteiger partial charge in [0.25, 0.3) is 5.91 Å². The van der Waals surface area contributed by atoms with E-state index in [0.29, 0.717) is 24.0 Å². The van der Waals surface area contributed by atoms with Gasteiger partial charge in [-0.15, -0.1) is 0 Å². The number of carbonyl (C=O) groups is 1. The lowest BCUT2D eigenvalue weighted by Crippen LogP contribution is -2.48. The van der Waals surface area contributed by atoms with Crippen LogP contribution in [0.4, 0.5) is 5.69 Å². The molecule has 2 aromatic rings. The predicted octanol–water partition coefficient (Wildman–Crippen LogP) is 6.50. The highest BCUT2D eigenvalue weighted by atomic mass is 35.5. The Morgan fingerprint density at radius 3 is 2.60 bits per heavy atom. The SMILES string of the molecule is CCCC(C)C(C)S(=O)NC(=O)c1ccc2c(c1)N(CC1CCC1CC1OC3CN(C)CC3O1)C[C@@]1(CCCc3cc(Cl)ccc31)CO2. The average Bonchev–Trinajstić information content (AvgIpc) is 3.55. The van der Waals surface area contributed by atoms with Crippen molar-refractivity contribution < 1.29 is 23.2 Å². The zero-order valence-corrected chi connectivity index (χ0v) is 30.5. The Labute approximate surface area is 293 Å². The van der Waals surface area contributed by atoms with Crippen molar-refractivity contribution in [3.8, 4) is 5.75 Å². The molecular formula is C38H52ClN3O5S. The number of likely N-dealkylation sites (N-methyl/N-ethyl adjacent to an activating group) is 1. The van der Waals surface area contributed by atoms with Gasteiger partial charge in [-0.1, -0.05) is 37.9 Å². The molecule has 3 fully saturated rings. The van der Waals surface area contributed by atoms with Crippen molar-refractivity contribution >= 4 is 34.2 Å². The van der Waals surface area contributed by atoms with Gasteiger partial charge < -0.3 is 24.0 Å². The topological polar surface area (TPSA) is 80.3 Å². The van der Waals surface area contributed by atoms with Gasteiger partial charge in [0.05, 0.1) is 17.5 Å². The summed E-state index contributed by atoms with van der Waals surface area (Å²) >= 11 is 6.47. The molecule has 1 saturated carbocycles. The smallest absolute Gasteiger partial charge is 0.263 e. The van der Waals surface area contributed by atoms with E-state index in [1.165, 1.54) is 17.5 Å². The number of rotatable bonds is 10. The van der Waals surface area contributed by atoms with Crippen LogP contribution in [0.3, 0.4) is 0 Å². The number of hydrogen-bond acceptors (Lipinski definition) is 7. The summed E-state index contributed by atoms with van der Waals surface area (Å²) in [6.07, 6.45) is 8.63. The maximum Gasteiger partial charge on any atom is 0.263 e. The molecule has 262 valence electrons.